The van der Waals surface area contributed by atoms with E-state index in [1.54, 1.807) is 17.0 Å². The Hall–Kier alpha value is -1.66. The Labute approximate surface area is 134 Å². The first kappa shape index (κ1) is 15.7. The minimum atomic E-state index is -0.229. The van der Waals surface area contributed by atoms with Gasteiger partial charge < -0.3 is 10.6 Å². The molecular weight excluding hydrogens is 308 g/mol. The number of nitrogens with zero attached hydrogens (tertiary/aromatic N) is 2. The molecule has 7 heteroatoms. The second kappa shape index (κ2) is 6.87. The topological polar surface area (TPSA) is 70.7 Å². The van der Waals surface area contributed by atoms with Crippen molar-refractivity contribution in [1.82, 2.24) is 4.90 Å². The third-order valence-corrected chi connectivity index (χ3v) is 3.99. The van der Waals surface area contributed by atoms with Crippen molar-refractivity contribution in [2.75, 3.05) is 18.5 Å². The largest absolute Gasteiger partial charge is 0.388 e. The molecule has 1 aliphatic rings. The average molecular weight is 325 g/mol. The molecule has 0 aliphatic carbocycles. The number of rotatable bonds is 4. The van der Waals surface area contributed by atoms with Gasteiger partial charge in [-0.1, -0.05) is 29.9 Å². The summed E-state index contributed by atoms with van der Waals surface area (Å²) in [6, 6.07) is 5.41. The minimum absolute atomic E-state index is 0.0147. The summed E-state index contributed by atoms with van der Waals surface area (Å²) in [6.07, 6.45) is 1.99. The first-order valence-electron chi connectivity index (χ1n) is 6.68. The summed E-state index contributed by atoms with van der Waals surface area (Å²) in [7, 11) is 0. The fraction of sp³-hybridized carbons (Fsp3) is 0.357. The zero-order valence-electron chi connectivity index (χ0n) is 11.7. The fourth-order valence-electron chi connectivity index (χ4n) is 2.12. The predicted molar refractivity (Wildman–Crippen MR) is 89.8 cm³/mol. The Morgan fingerprint density at radius 2 is 2.10 bits per heavy atom. The molecule has 0 bridgehead atoms. The van der Waals surface area contributed by atoms with Gasteiger partial charge in [-0.25, -0.2) is 0 Å². The predicted octanol–water partition coefficient (Wildman–Crippen LogP) is 2.32. The van der Waals surface area contributed by atoms with E-state index in [0.29, 0.717) is 10.7 Å². The summed E-state index contributed by atoms with van der Waals surface area (Å²) in [5.41, 5.74) is 10.1. The highest BCUT2D eigenvalue weighted by Crippen LogP contribution is 2.22. The molecule has 112 valence electrons. The number of nitrogens with two attached hydrogens (primary N) is 1. The van der Waals surface area contributed by atoms with Crippen molar-refractivity contribution < 1.29 is 4.79 Å². The number of halogens is 1. The van der Waals surface area contributed by atoms with Crippen LogP contribution in [0, 0.1) is 6.92 Å². The van der Waals surface area contributed by atoms with E-state index in [1.165, 1.54) is 0 Å². The smallest absolute Gasteiger partial charge is 0.277 e. The van der Waals surface area contributed by atoms with Crippen molar-refractivity contribution in [3.8, 4) is 0 Å². The average Bonchev–Trinajstić information content (AvgIpc) is 2.97. The lowest BCUT2D eigenvalue weighted by Gasteiger charge is -2.16. The second-order valence-electron chi connectivity index (χ2n) is 4.85. The first-order valence-corrected chi connectivity index (χ1v) is 7.47. The number of carbonyl (C=O) groups excluding carboxylic acids is 1. The minimum Gasteiger partial charge on any atom is -0.388 e. The van der Waals surface area contributed by atoms with E-state index in [9.17, 15) is 4.79 Å². The van der Waals surface area contributed by atoms with Gasteiger partial charge in [0.2, 0.25) is 0 Å². The molecule has 1 saturated heterocycles. The molecule has 1 heterocycles. The van der Waals surface area contributed by atoms with E-state index in [0.717, 1.165) is 31.5 Å². The van der Waals surface area contributed by atoms with Crippen LogP contribution in [0.15, 0.2) is 23.3 Å². The van der Waals surface area contributed by atoms with Gasteiger partial charge in [-0.05, 0) is 37.5 Å². The van der Waals surface area contributed by atoms with Gasteiger partial charge in [0.25, 0.3) is 5.91 Å². The molecule has 0 aromatic heterocycles. The van der Waals surface area contributed by atoms with Crippen LogP contribution in [-0.2, 0) is 4.79 Å². The Morgan fingerprint density at radius 3 is 2.71 bits per heavy atom. The Morgan fingerprint density at radius 1 is 1.43 bits per heavy atom. The van der Waals surface area contributed by atoms with Crippen LogP contribution < -0.4 is 11.2 Å². The number of carbonyl (C=O) groups is 1. The summed E-state index contributed by atoms with van der Waals surface area (Å²) in [6.45, 7) is 3.30. The molecule has 0 spiro atoms. The maximum absolute atomic E-state index is 12.3. The van der Waals surface area contributed by atoms with Gasteiger partial charge in [0.1, 0.15) is 4.99 Å². The van der Waals surface area contributed by atoms with E-state index in [2.05, 4.69) is 10.5 Å². The van der Waals surface area contributed by atoms with Gasteiger partial charge in [0.15, 0.2) is 5.71 Å². The number of anilines is 1. The molecule has 1 aromatic carbocycles. The molecular formula is C14H17ClN4OS. The number of amides is 1. The van der Waals surface area contributed by atoms with Gasteiger partial charge in [-0.3, -0.25) is 10.2 Å². The lowest BCUT2D eigenvalue weighted by atomic mass is 10.2. The van der Waals surface area contributed by atoms with Gasteiger partial charge >= 0.3 is 0 Å². The van der Waals surface area contributed by atoms with Crippen molar-refractivity contribution >= 4 is 46.1 Å². The van der Waals surface area contributed by atoms with Crippen molar-refractivity contribution in [1.29, 1.82) is 0 Å². The van der Waals surface area contributed by atoms with Gasteiger partial charge in [0.05, 0.1) is 5.69 Å². The van der Waals surface area contributed by atoms with Crippen LogP contribution in [0.3, 0.4) is 0 Å². The van der Waals surface area contributed by atoms with Crippen LogP contribution in [0.4, 0.5) is 5.69 Å². The summed E-state index contributed by atoms with van der Waals surface area (Å²) in [5.74, 6) is -0.229. The molecule has 0 atom stereocenters. The normalized spacial score (nSPS) is 15.1. The van der Waals surface area contributed by atoms with Gasteiger partial charge in [-0.2, -0.15) is 5.10 Å². The van der Waals surface area contributed by atoms with E-state index in [1.807, 2.05) is 13.0 Å². The second-order valence-corrected chi connectivity index (χ2v) is 5.70. The van der Waals surface area contributed by atoms with Gasteiger partial charge in [-0.15, -0.1) is 0 Å². The molecule has 3 N–H and O–H groups in total. The monoisotopic (exact) mass is 324 g/mol. The number of hydrogen-bond acceptors (Lipinski definition) is 4. The standard InChI is InChI=1S/C14H17ClN4OS/c1-9-10(15)5-4-6-11(9)17-18-12(13(16)21)14(20)19-7-2-3-8-19/h4-6,17H,2-3,7-8H2,1H3,(H2,16,21)/b18-12-. The molecule has 5 nitrogen and oxygen atoms in total. The summed E-state index contributed by atoms with van der Waals surface area (Å²) in [4.78, 5) is 14.0. The molecule has 1 amide bonds. The van der Waals surface area contributed by atoms with Crippen molar-refractivity contribution in [3.63, 3.8) is 0 Å². The Kier molecular flexibility index (Phi) is 5.14. The van der Waals surface area contributed by atoms with Crippen LogP contribution in [0.5, 0.6) is 0 Å². The van der Waals surface area contributed by atoms with E-state index >= 15 is 0 Å². The summed E-state index contributed by atoms with van der Waals surface area (Å²) >= 11 is 11.0. The number of likely N-dealkylation sites (tertiary alicyclic amines) is 1. The van der Waals surface area contributed by atoms with Crippen LogP contribution in [0.2, 0.25) is 5.02 Å². The van der Waals surface area contributed by atoms with Crippen LogP contribution in [-0.4, -0.2) is 34.6 Å². The summed E-state index contributed by atoms with van der Waals surface area (Å²) < 4.78 is 0. The number of nitrogens with one attached hydrogen (secondary N) is 1. The van der Waals surface area contributed by atoms with Gasteiger partial charge in [0, 0.05) is 18.1 Å². The number of hydrazone groups is 1. The van der Waals surface area contributed by atoms with Crippen molar-refractivity contribution in [3.05, 3.63) is 28.8 Å². The quantitative estimate of drug-likeness (QED) is 0.506. The summed E-state index contributed by atoms with van der Waals surface area (Å²) in [5, 5.41) is 4.71. The Balaban J connectivity index is 2.20. The molecule has 0 unspecified atom stereocenters. The lowest BCUT2D eigenvalue weighted by molar-refractivity contribution is -0.122. The maximum atomic E-state index is 12.3. The zero-order valence-corrected chi connectivity index (χ0v) is 13.3. The fourth-order valence-corrected chi connectivity index (χ4v) is 2.43. The zero-order chi connectivity index (χ0) is 15.4. The van der Waals surface area contributed by atoms with Crippen LogP contribution in [0.1, 0.15) is 18.4 Å². The molecule has 0 radical (unpaired) electrons. The maximum Gasteiger partial charge on any atom is 0.277 e. The van der Waals surface area contributed by atoms with Crippen LogP contribution in [0.25, 0.3) is 0 Å². The SMILES string of the molecule is Cc1c(Cl)cccc1N/N=C(\C(=O)N1CCCC1)C(N)=S. The molecule has 1 fully saturated rings. The third kappa shape index (κ3) is 3.71. The van der Waals surface area contributed by atoms with Crippen molar-refractivity contribution in [2.24, 2.45) is 10.8 Å². The molecule has 21 heavy (non-hydrogen) atoms. The molecule has 2 rings (SSSR count). The molecule has 1 aliphatic heterocycles. The molecule has 0 saturated carbocycles. The van der Waals surface area contributed by atoms with Crippen LogP contribution >= 0.6 is 23.8 Å². The van der Waals surface area contributed by atoms with E-state index < -0.39 is 0 Å². The van der Waals surface area contributed by atoms with E-state index in [4.69, 9.17) is 29.6 Å². The van der Waals surface area contributed by atoms with E-state index in [-0.39, 0.29) is 16.6 Å². The number of hydrogen-bond donors (Lipinski definition) is 2. The third-order valence-electron chi connectivity index (χ3n) is 3.39. The highest BCUT2D eigenvalue weighted by Gasteiger charge is 2.24. The number of benzene rings is 1. The molecule has 1 aromatic rings. The lowest BCUT2D eigenvalue weighted by Crippen LogP contribution is -2.40. The Bertz CT molecular complexity index is 597. The van der Waals surface area contributed by atoms with Crippen molar-refractivity contribution in [2.45, 2.75) is 19.8 Å². The first-order chi connectivity index (χ1) is 10.0. The highest BCUT2D eigenvalue weighted by molar-refractivity contribution is 7.82. The highest BCUT2D eigenvalue weighted by atomic mass is 35.5. The number of thiocarbonyl (C=S) groups is 1.